The van der Waals surface area contributed by atoms with Crippen LogP contribution in [0.25, 0.3) is 21.7 Å². The summed E-state index contributed by atoms with van der Waals surface area (Å²) in [6, 6.07) is 25.3. The largest absolute Gasteiger partial charge is 0.351 e. The van der Waals surface area contributed by atoms with Gasteiger partial charge < -0.3 is 5.32 Å². The number of rotatable bonds is 7. The number of carbonyl (C=O) groups is 1. The van der Waals surface area contributed by atoms with E-state index < -0.39 is 0 Å². The molecule has 0 saturated carbocycles. The van der Waals surface area contributed by atoms with Crippen molar-refractivity contribution in [1.29, 1.82) is 0 Å². The van der Waals surface area contributed by atoms with Crippen molar-refractivity contribution in [3.63, 3.8) is 0 Å². The number of benzene rings is 3. The van der Waals surface area contributed by atoms with Crippen LogP contribution >= 0.6 is 35.3 Å². The zero-order valence-electron chi connectivity index (χ0n) is 20.3. The van der Waals surface area contributed by atoms with Gasteiger partial charge in [0.05, 0.1) is 17.1 Å². The van der Waals surface area contributed by atoms with E-state index in [1.54, 1.807) is 4.57 Å². The molecule has 37 heavy (non-hydrogen) atoms. The fraction of sp³-hybridized carbons (Fsp3) is 0.143. The number of nitrogens with one attached hydrogen (secondary N) is 1. The number of hydrogen-bond donors (Lipinski definition) is 1. The minimum Gasteiger partial charge on any atom is -0.351 e. The molecule has 0 atom stereocenters. The summed E-state index contributed by atoms with van der Waals surface area (Å²) in [5, 5.41) is 3.38. The van der Waals surface area contributed by atoms with Crippen LogP contribution in [0.4, 0.5) is 0 Å². The lowest BCUT2D eigenvalue weighted by Gasteiger charge is -2.14. The van der Waals surface area contributed by atoms with Crippen molar-refractivity contribution >= 4 is 51.6 Å². The van der Waals surface area contributed by atoms with E-state index in [0.29, 0.717) is 31.7 Å². The molecular weight excluding hydrogens is 521 g/mol. The Kier molecular flexibility index (Phi) is 7.36. The minimum absolute atomic E-state index is 0.117. The summed E-state index contributed by atoms with van der Waals surface area (Å²) in [6.07, 6.45) is 0. The monoisotopic (exact) mass is 544 g/mol. The van der Waals surface area contributed by atoms with Gasteiger partial charge in [-0.25, -0.2) is 4.98 Å². The summed E-state index contributed by atoms with van der Waals surface area (Å²) < 4.78 is 4.45. The molecule has 3 aromatic carbocycles. The Morgan fingerprint density at radius 3 is 2.41 bits per heavy atom. The third kappa shape index (κ3) is 5.29. The molecule has 0 aliphatic heterocycles. The van der Waals surface area contributed by atoms with Crippen LogP contribution in [-0.4, -0.2) is 25.8 Å². The summed E-state index contributed by atoms with van der Waals surface area (Å²) in [7, 11) is 0. The molecule has 2 heterocycles. The van der Waals surface area contributed by atoms with Crippen LogP contribution in [0.3, 0.4) is 0 Å². The van der Waals surface area contributed by atoms with Gasteiger partial charge in [-0.3, -0.25) is 18.7 Å². The molecule has 0 saturated heterocycles. The number of nitrogens with zero attached hydrogens (tertiary/aromatic N) is 3. The van der Waals surface area contributed by atoms with Crippen LogP contribution < -0.4 is 10.9 Å². The summed E-state index contributed by atoms with van der Waals surface area (Å²) in [4.78, 5) is 31.4. The van der Waals surface area contributed by atoms with Crippen LogP contribution in [0.1, 0.15) is 16.7 Å². The van der Waals surface area contributed by atoms with E-state index in [1.807, 2.05) is 97.3 Å². The maximum absolute atomic E-state index is 13.8. The highest BCUT2D eigenvalue weighted by Crippen LogP contribution is 2.28. The molecule has 1 N–H and O–H groups in total. The Balaban J connectivity index is 1.57. The van der Waals surface area contributed by atoms with Gasteiger partial charge in [0, 0.05) is 6.54 Å². The number of thiazole rings is 1. The van der Waals surface area contributed by atoms with Gasteiger partial charge in [-0.15, -0.1) is 0 Å². The Morgan fingerprint density at radius 1 is 0.973 bits per heavy atom. The molecule has 0 spiro atoms. The number of para-hydroxylation sites is 1. The third-order valence-electron chi connectivity index (χ3n) is 5.89. The molecule has 1 amide bonds. The van der Waals surface area contributed by atoms with E-state index >= 15 is 0 Å². The van der Waals surface area contributed by atoms with Crippen molar-refractivity contribution in [3.8, 4) is 11.4 Å². The molecule has 9 heteroatoms. The summed E-state index contributed by atoms with van der Waals surface area (Å²) in [5.74, 6) is -0.0222. The van der Waals surface area contributed by atoms with E-state index in [1.165, 1.54) is 23.1 Å². The van der Waals surface area contributed by atoms with Gasteiger partial charge in [0.1, 0.15) is 4.70 Å². The van der Waals surface area contributed by atoms with Crippen molar-refractivity contribution in [2.75, 3.05) is 5.75 Å². The van der Waals surface area contributed by atoms with E-state index in [4.69, 9.17) is 17.2 Å². The first-order chi connectivity index (χ1) is 17.9. The second-order valence-electron chi connectivity index (χ2n) is 8.56. The van der Waals surface area contributed by atoms with Gasteiger partial charge in [-0.05, 0) is 55.4 Å². The lowest BCUT2D eigenvalue weighted by molar-refractivity contribution is -0.118. The topological polar surface area (TPSA) is 68.9 Å². The smallest absolute Gasteiger partial charge is 0.278 e. The zero-order valence-corrected chi connectivity index (χ0v) is 22.8. The lowest BCUT2D eigenvalue weighted by atomic mass is 10.2. The zero-order chi connectivity index (χ0) is 25.9. The fourth-order valence-corrected chi connectivity index (χ4v) is 6.08. The number of fused-ring (bicyclic) bond motifs is 1. The molecule has 6 nitrogen and oxygen atoms in total. The van der Waals surface area contributed by atoms with Gasteiger partial charge in [-0.2, -0.15) is 0 Å². The van der Waals surface area contributed by atoms with Gasteiger partial charge in [0.15, 0.2) is 14.8 Å². The normalized spacial score (nSPS) is 11.1. The average molecular weight is 545 g/mol. The summed E-state index contributed by atoms with van der Waals surface area (Å²) in [5.41, 5.74) is 5.01. The number of aryl methyl sites for hydroxylation is 2. The highest BCUT2D eigenvalue weighted by atomic mass is 32.2. The number of amides is 1. The molecule has 0 fully saturated rings. The minimum atomic E-state index is -0.204. The number of carbonyl (C=O) groups excluding carboxylic acids is 1. The second-order valence-corrected chi connectivity index (χ2v) is 11.2. The first kappa shape index (κ1) is 25.1. The van der Waals surface area contributed by atoms with Crippen molar-refractivity contribution in [2.24, 2.45) is 0 Å². The van der Waals surface area contributed by atoms with Gasteiger partial charge in [0.2, 0.25) is 5.91 Å². The van der Waals surface area contributed by atoms with Gasteiger partial charge in [-0.1, -0.05) is 89.3 Å². The molecule has 0 bridgehead atoms. The highest BCUT2D eigenvalue weighted by molar-refractivity contribution is 7.99. The molecule has 0 radical (unpaired) electrons. The molecule has 5 aromatic rings. The van der Waals surface area contributed by atoms with Crippen LogP contribution in [0.15, 0.2) is 88.8 Å². The van der Waals surface area contributed by atoms with E-state index in [2.05, 4.69) is 5.32 Å². The van der Waals surface area contributed by atoms with Gasteiger partial charge >= 0.3 is 0 Å². The van der Waals surface area contributed by atoms with Gasteiger partial charge in [0.25, 0.3) is 5.56 Å². The van der Waals surface area contributed by atoms with Crippen molar-refractivity contribution < 1.29 is 4.79 Å². The maximum atomic E-state index is 13.8. The van der Waals surface area contributed by atoms with E-state index in [-0.39, 0.29) is 17.2 Å². The van der Waals surface area contributed by atoms with E-state index in [9.17, 15) is 9.59 Å². The number of aromatic nitrogens is 3. The molecule has 5 rings (SSSR count). The predicted molar refractivity (Wildman–Crippen MR) is 154 cm³/mol. The van der Waals surface area contributed by atoms with Crippen molar-refractivity contribution in [3.05, 3.63) is 110 Å². The Bertz CT molecular complexity index is 1700. The lowest BCUT2D eigenvalue weighted by Crippen LogP contribution is -2.26. The molecule has 186 valence electrons. The molecular formula is C28H24N4O2S3. The Morgan fingerprint density at radius 2 is 1.68 bits per heavy atom. The van der Waals surface area contributed by atoms with Crippen LogP contribution in [0.2, 0.25) is 0 Å². The fourth-order valence-electron chi connectivity index (χ4n) is 3.96. The highest BCUT2D eigenvalue weighted by Gasteiger charge is 2.20. The van der Waals surface area contributed by atoms with Crippen LogP contribution in [0.5, 0.6) is 0 Å². The van der Waals surface area contributed by atoms with Crippen LogP contribution in [-0.2, 0) is 11.3 Å². The van der Waals surface area contributed by atoms with E-state index in [0.717, 1.165) is 22.4 Å². The molecule has 0 aliphatic rings. The molecule has 0 unspecified atom stereocenters. The second kappa shape index (κ2) is 10.8. The maximum Gasteiger partial charge on any atom is 0.278 e. The number of hydrogen-bond acceptors (Lipinski definition) is 6. The molecule has 0 aliphatic carbocycles. The first-order valence-corrected chi connectivity index (χ1v) is 13.9. The first-order valence-electron chi connectivity index (χ1n) is 11.7. The van der Waals surface area contributed by atoms with Crippen LogP contribution in [0, 0.1) is 17.8 Å². The standard InChI is InChI=1S/C28H24N4O2S3/c1-18-12-14-21(15-13-18)31-26(34)24-25(32(28(35)37-24)22-11-7-6-8-19(22)2)30-27(31)36-17-23(33)29-16-20-9-4-3-5-10-20/h3-15H,16-17H2,1-2H3,(H,29,33). The quantitative estimate of drug-likeness (QED) is 0.155. The Labute approximate surface area is 227 Å². The number of thioether (sulfide) groups is 1. The SMILES string of the molecule is Cc1ccc(-n2c(SCC(=O)NCc3ccccc3)nc3c(sc(=S)n3-c3ccccc3C)c2=O)cc1. The predicted octanol–water partition coefficient (Wildman–Crippen LogP) is 5.99. The van der Waals surface area contributed by atoms with Crippen molar-refractivity contribution in [1.82, 2.24) is 19.4 Å². The summed E-state index contributed by atoms with van der Waals surface area (Å²) in [6.45, 7) is 4.43. The summed E-state index contributed by atoms with van der Waals surface area (Å²) >= 11 is 8.17. The molecule has 2 aromatic heterocycles. The third-order valence-corrected chi connectivity index (χ3v) is 8.18. The average Bonchev–Trinajstić information content (AvgIpc) is 3.24. The van der Waals surface area contributed by atoms with Crippen molar-refractivity contribution in [2.45, 2.75) is 25.5 Å². The Hall–Kier alpha value is -3.53.